The van der Waals surface area contributed by atoms with Gasteiger partial charge >= 0.3 is 12.1 Å². The Bertz CT molecular complexity index is 620. The average Bonchev–Trinajstić information content (AvgIpc) is 2.59. The number of rotatable bonds is 5. The van der Waals surface area contributed by atoms with Crippen LogP contribution >= 0.6 is 12.4 Å². The van der Waals surface area contributed by atoms with Gasteiger partial charge in [0, 0.05) is 24.7 Å². The zero-order valence-corrected chi connectivity index (χ0v) is 15.3. The van der Waals surface area contributed by atoms with Gasteiger partial charge in [0.2, 0.25) is 5.91 Å². The summed E-state index contributed by atoms with van der Waals surface area (Å²) in [5.41, 5.74) is 1.05. The van der Waals surface area contributed by atoms with E-state index in [1.807, 2.05) is 0 Å². The second-order valence-electron chi connectivity index (χ2n) is 6.03. The summed E-state index contributed by atoms with van der Waals surface area (Å²) >= 11 is 0. The Morgan fingerprint density at radius 3 is 2.50 bits per heavy atom. The molecule has 5 nitrogen and oxygen atoms in total. The van der Waals surface area contributed by atoms with E-state index in [-0.39, 0.29) is 37.3 Å². The zero-order chi connectivity index (χ0) is 18.4. The van der Waals surface area contributed by atoms with Crippen molar-refractivity contribution in [2.75, 3.05) is 25.0 Å². The molecule has 1 aliphatic rings. The van der Waals surface area contributed by atoms with Gasteiger partial charge in [0.05, 0.1) is 0 Å². The minimum absolute atomic E-state index is 0. The predicted octanol–water partition coefficient (Wildman–Crippen LogP) is 2.96. The monoisotopic (exact) mass is 393 g/mol. The number of piperidine rings is 1. The molecule has 0 atom stereocenters. The molecule has 2 N–H and O–H groups in total. The van der Waals surface area contributed by atoms with Gasteiger partial charge in [-0.2, -0.15) is 13.2 Å². The van der Waals surface area contributed by atoms with Crippen molar-refractivity contribution in [2.24, 2.45) is 5.92 Å². The standard InChI is InChI=1S/C17H22F3N3O2.ClH/c1-2-23(16(25)17(18,19)20)11-12-4-3-5-14(10-12)22-15(24)13-6-8-21-9-7-13;/h3-5,10,13,21H,2,6-9,11H2,1H3,(H,22,24);1H. The first-order valence-corrected chi connectivity index (χ1v) is 8.28. The summed E-state index contributed by atoms with van der Waals surface area (Å²) in [4.78, 5) is 24.4. The third-order valence-electron chi connectivity index (χ3n) is 4.19. The van der Waals surface area contributed by atoms with E-state index in [4.69, 9.17) is 0 Å². The second-order valence-corrected chi connectivity index (χ2v) is 6.03. The molecule has 0 unspecified atom stereocenters. The first kappa shape index (κ1) is 22.2. The molecule has 1 aromatic rings. The molecule has 0 saturated carbocycles. The van der Waals surface area contributed by atoms with Crippen molar-refractivity contribution >= 4 is 29.9 Å². The number of halogens is 4. The molecule has 146 valence electrons. The third kappa shape index (κ3) is 6.17. The van der Waals surface area contributed by atoms with Crippen molar-refractivity contribution in [1.29, 1.82) is 0 Å². The maximum Gasteiger partial charge on any atom is 0.471 e. The Morgan fingerprint density at radius 2 is 1.92 bits per heavy atom. The molecule has 0 bridgehead atoms. The molecule has 0 spiro atoms. The molecule has 1 aliphatic heterocycles. The lowest BCUT2D eigenvalue weighted by Gasteiger charge is -2.23. The molecule has 1 aromatic carbocycles. The van der Waals surface area contributed by atoms with E-state index in [0.29, 0.717) is 11.3 Å². The minimum Gasteiger partial charge on any atom is -0.331 e. The lowest BCUT2D eigenvalue weighted by Crippen LogP contribution is -2.40. The average molecular weight is 394 g/mol. The molecule has 26 heavy (non-hydrogen) atoms. The first-order valence-electron chi connectivity index (χ1n) is 8.28. The topological polar surface area (TPSA) is 61.4 Å². The summed E-state index contributed by atoms with van der Waals surface area (Å²) < 4.78 is 37.8. The van der Waals surface area contributed by atoms with Crippen molar-refractivity contribution in [1.82, 2.24) is 10.2 Å². The molecule has 2 rings (SSSR count). The second kappa shape index (κ2) is 9.78. The highest BCUT2D eigenvalue weighted by Crippen LogP contribution is 2.21. The Balaban J connectivity index is 0.00000338. The highest BCUT2D eigenvalue weighted by Gasteiger charge is 2.41. The Labute approximate surface area is 156 Å². The van der Waals surface area contributed by atoms with Gasteiger partial charge in [-0.15, -0.1) is 12.4 Å². The summed E-state index contributed by atoms with van der Waals surface area (Å²) in [7, 11) is 0. The van der Waals surface area contributed by atoms with Gasteiger partial charge in [-0.05, 0) is 50.6 Å². The number of carbonyl (C=O) groups is 2. The van der Waals surface area contributed by atoms with Gasteiger partial charge in [-0.1, -0.05) is 12.1 Å². The number of amides is 2. The molecule has 1 saturated heterocycles. The Morgan fingerprint density at radius 1 is 1.27 bits per heavy atom. The fraction of sp³-hybridized carbons (Fsp3) is 0.529. The number of hydrogen-bond donors (Lipinski definition) is 2. The number of hydrogen-bond acceptors (Lipinski definition) is 3. The molecule has 0 aromatic heterocycles. The minimum atomic E-state index is -4.89. The van der Waals surface area contributed by atoms with Gasteiger partial charge in [0.1, 0.15) is 0 Å². The van der Waals surface area contributed by atoms with E-state index < -0.39 is 12.1 Å². The van der Waals surface area contributed by atoms with Crippen LogP contribution in [0.5, 0.6) is 0 Å². The van der Waals surface area contributed by atoms with Crippen LogP contribution in [0.15, 0.2) is 24.3 Å². The number of nitrogens with zero attached hydrogens (tertiary/aromatic N) is 1. The van der Waals surface area contributed by atoms with Gasteiger partial charge in [0.15, 0.2) is 0 Å². The summed E-state index contributed by atoms with van der Waals surface area (Å²) in [6, 6.07) is 6.57. The van der Waals surface area contributed by atoms with E-state index in [9.17, 15) is 22.8 Å². The van der Waals surface area contributed by atoms with Crippen molar-refractivity contribution < 1.29 is 22.8 Å². The number of benzene rings is 1. The Kier molecular flexibility index (Phi) is 8.36. The van der Waals surface area contributed by atoms with Gasteiger partial charge < -0.3 is 15.5 Å². The van der Waals surface area contributed by atoms with Crippen LogP contribution in [0.2, 0.25) is 0 Å². The third-order valence-corrected chi connectivity index (χ3v) is 4.19. The molecule has 0 aliphatic carbocycles. The van der Waals surface area contributed by atoms with Crippen LogP contribution in [0.4, 0.5) is 18.9 Å². The molecule has 9 heteroatoms. The highest BCUT2D eigenvalue weighted by atomic mass is 35.5. The zero-order valence-electron chi connectivity index (χ0n) is 14.4. The maximum absolute atomic E-state index is 12.6. The van der Waals surface area contributed by atoms with E-state index in [1.54, 1.807) is 24.3 Å². The summed E-state index contributed by atoms with van der Waals surface area (Å²) in [5, 5.41) is 5.99. The molecule has 1 heterocycles. The lowest BCUT2D eigenvalue weighted by molar-refractivity contribution is -0.185. The smallest absolute Gasteiger partial charge is 0.331 e. The van der Waals surface area contributed by atoms with Crippen molar-refractivity contribution in [3.05, 3.63) is 29.8 Å². The quantitative estimate of drug-likeness (QED) is 0.808. The molecular formula is C17H23ClF3N3O2. The van der Waals surface area contributed by atoms with Crippen LogP contribution < -0.4 is 10.6 Å². The SMILES string of the molecule is CCN(Cc1cccc(NC(=O)C2CCNCC2)c1)C(=O)C(F)(F)F.Cl. The van der Waals surface area contributed by atoms with Gasteiger partial charge in [-0.3, -0.25) is 9.59 Å². The summed E-state index contributed by atoms with van der Waals surface area (Å²) in [6.45, 7) is 2.87. The van der Waals surface area contributed by atoms with Gasteiger partial charge in [-0.25, -0.2) is 0 Å². The number of nitrogens with one attached hydrogen (secondary N) is 2. The first-order chi connectivity index (χ1) is 11.8. The van der Waals surface area contributed by atoms with Crippen LogP contribution in [-0.2, 0) is 16.1 Å². The predicted molar refractivity (Wildman–Crippen MR) is 95.1 cm³/mol. The largest absolute Gasteiger partial charge is 0.471 e. The molecule has 2 amide bonds. The van der Waals surface area contributed by atoms with E-state index in [0.717, 1.165) is 30.8 Å². The van der Waals surface area contributed by atoms with Crippen LogP contribution in [0.3, 0.4) is 0 Å². The van der Waals surface area contributed by atoms with Crippen molar-refractivity contribution in [3.63, 3.8) is 0 Å². The van der Waals surface area contributed by atoms with E-state index in [1.165, 1.54) is 6.92 Å². The van der Waals surface area contributed by atoms with E-state index >= 15 is 0 Å². The van der Waals surface area contributed by atoms with Crippen molar-refractivity contribution in [2.45, 2.75) is 32.5 Å². The van der Waals surface area contributed by atoms with Crippen molar-refractivity contribution in [3.8, 4) is 0 Å². The van der Waals surface area contributed by atoms with Crippen LogP contribution in [-0.4, -0.2) is 42.5 Å². The molecule has 1 fully saturated rings. The normalized spacial score (nSPS) is 15.1. The molecule has 0 radical (unpaired) electrons. The fourth-order valence-electron chi connectivity index (χ4n) is 2.80. The molecular weight excluding hydrogens is 371 g/mol. The number of alkyl halides is 3. The van der Waals surface area contributed by atoms with Crippen LogP contribution in [0, 0.1) is 5.92 Å². The lowest BCUT2D eigenvalue weighted by atomic mass is 9.97. The maximum atomic E-state index is 12.6. The van der Waals surface area contributed by atoms with Crippen LogP contribution in [0.1, 0.15) is 25.3 Å². The highest BCUT2D eigenvalue weighted by molar-refractivity contribution is 5.92. The Hall–Kier alpha value is -1.80. The van der Waals surface area contributed by atoms with Crippen LogP contribution in [0.25, 0.3) is 0 Å². The van der Waals surface area contributed by atoms with E-state index in [2.05, 4.69) is 10.6 Å². The van der Waals surface area contributed by atoms with Gasteiger partial charge in [0.25, 0.3) is 0 Å². The fourth-order valence-corrected chi connectivity index (χ4v) is 2.80. The number of anilines is 1. The summed E-state index contributed by atoms with van der Waals surface area (Å²) in [5.74, 6) is -2.01. The summed E-state index contributed by atoms with van der Waals surface area (Å²) in [6.07, 6.45) is -3.37. The number of carbonyl (C=O) groups excluding carboxylic acids is 2.